The Morgan fingerprint density at radius 1 is 1.29 bits per heavy atom. The molecule has 0 aliphatic carbocycles. The summed E-state index contributed by atoms with van der Waals surface area (Å²) in [6, 6.07) is 12.3. The first-order valence-corrected chi connectivity index (χ1v) is 7.52. The number of nitro groups is 1. The molecule has 24 heavy (non-hydrogen) atoms. The van der Waals surface area contributed by atoms with Gasteiger partial charge < -0.3 is 14.6 Å². The molecule has 0 spiro atoms. The standard InChI is InChI=1S/C17H19N3O4/c1-19(2)12-15(13-6-4-3-5-7-13)18-16(21)10-8-14-9-11-17(24-14)20(22)23/h3-11,15H,12H2,1-2H3,(H,18,21)/p+1/b10-8+/t15-/m1/s1. The molecule has 7 heteroatoms. The number of likely N-dealkylation sites (N-methyl/N-ethyl adjacent to an activating group) is 1. The third kappa shape index (κ3) is 5.06. The second-order valence-corrected chi connectivity index (χ2v) is 5.65. The van der Waals surface area contributed by atoms with E-state index < -0.39 is 4.92 Å². The lowest BCUT2D eigenvalue weighted by molar-refractivity contribution is -0.860. The number of nitrogens with zero attached hydrogens (tertiary/aromatic N) is 1. The fraction of sp³-hybridized carbons (Fsp3) is 0.235. The van der Waals surface area contributed by atoms with E-state index in [4.69, 9.17) is 4.42 Å². The summed E-state index contributed by atoms with van der Waals surface area (Å²) >= 11 is 0. The Labute approximate surface area is 139 Å². The smallest absolute Gasteiger partial charge is 0.401 e. The van der Waals surface area contributed by atoms with Crippen LogP contribution < -0.4 is 10.2 Å². The van der Waals surface area contributed by atoms with Gasteiger partial charge in [-0.3, -0.25) is 14.9 Å². The van der Waals surface area contributed by atoms with Gasteiger partial charge in [-0.05, 0) is 17.7 Å². The highest BCUT2D eigenvalue weighted by molar-refractivity contribution is 5.91. The molecule has 2 N–H and O–H groups in total. The van der Waals surface area contributed by atoms with Crippen molar-refractivity contribution < 1.29 is 19.0 Å². The number of hydrogen-bond donors (Lipinski definition) is 2. The van der Waals surface area contributed by atoms with Gasteiger partial charge in [-0.2, -0.15) is 0 Å². The van der Waals surface area contributed by atoms with Crippen LogP contribution in [0.1, 0.15) is 17.4 Å². The molecular formula is C17H20N3O4+. The van der Waals surface area contributed by atoms with Crippen LogP contribution in [0.25, 0.3) is 6.08 Å². The largest absolute Gasteiger partial charge is 0.433 e. The summed E-state index contributed by atoms with van der Waals surface area (Å²) in [5.41, 5.74) is 1.02. The highest BCUT2D eigenvalue weighted by atomic mass is 16.6. The van der Waals surface area contributed by atoms with E-state index in [1.165, 1.54) is 29.2 Å². The van der Waals surface area contributed by atoms with Crippen LogP contribution in [-0.2, 0) is 4.79 Å². The van der Waals surface area contributed by atoms with Gasteiger partial charge in [0, 0.05) is 6.08 Å². The molecule has 1 atom stereocenters. The lowest BCUT2D eigenvalue weighted by Crippen LogP contribution is -3.06. The molecule has 0 bridgehead atoms. The molecule has 0 unspecified atom stereocenters. The number of amides is 1. The van der Waals surface area contributed by atoms with E-state index in [1.54, 1.807) is 0 Å². The number of quaternary nitrogens is 1. The van der Waals surface area contributed by atoms with Crippen molar-refractivity contribution in [2.45, 2.75) is 6.04 Å². The van der Waals surface area contributed by atoms with E-state index in [0.29, 0.717) is 0 Å². The highest BCUT2D eigenvalue weighted by Crippen LogP contribution is 2.16. The number of nitrogens with one attached hydrogen (secondary N) is 2. The first-order valence-electron chi connectivity index (χ1n) is 7.52. The summed E-state index contributed by atoms with van der Waals surface area (Å²) in [6.07, 6.45) is 2.72. The van der Waals surface area contributed by atoms with Gasteiger partial charge in [-0.15, -0.1) is 0 Å². The van der Waals surface area contributed by atoms with Gasteiger partial charge in [-0.1, -0.05) is 30.3 Å². The number of benzene rings is 1. The Bertz CT molecular complexity index is 722. The summed E-state index contributed by atoms with van der Waals surface area (Å²) in [5.74, 6) is -0.385. The Balaban J connectivity index is 2.04. The molecule has 7 nitrogen and oxygen atoms in total. The van der Waals surface area contributed by atoms with Gasteiger partial charge in [0.25, 0.3) is 0 Å². The molecule has 0 radical (unpaired) electrons. The fourth-order valence-corrected chi connectivity index (χ4v) is 2.25. The molecule has 0 aliphatic heterocycles. The van der Waals surface area contributed by atoms with E-state index in [-0.39, 0.29) is 23.6 Å². The van der Waals surface area contributed by atoms with Gasteiger partial charge in [0.1, 0.15) is 23.3 Å². The molecule has 0 saturated heterocycles. The maximum Gasteiger partial charge on any atom is 0.433 e. The monoisotopic (exact) mass is 330 g/mol. The molecule has 0 saturated carbocycles. The average Bonchev–Trinajstić information content (AvgIpc) is 3.02. The van der Waals surface area contributed by atoms with Crippen molar-refractivity contribution in [2.75, 3.05) is 20.6 Å². The maximum atomic E-state index is 12.1. The topological polar surface area (TPSA) is 89.8 Å². The summed E-state index contributed by atoms with van der Waals surface area (Å²) in [6.45, 7) is 0.732. The molecule has 1 aromatic carbocycles. The Hall–Kier alpha value is -2.93. The van der Waals surface area contributed by atoms with Crippen LogP contribution in [0.4, 0.5) is 5.88 Å². The minimum atomic E-state index is -0.622. The predicted molar refractivity (Wildman–Crippen MR) is 89.4 cm³/mol. The molecule has 1 aromatic heterocycles. The van der Waals surface area contributed by atoms with Crippen LogP contribution in [0.5, 0.6) is 0 Å². The number of rotatable bonds is 7. The third-order valence-corrected chi connectivity index (χ3v) is 3.32. The summed E-state index contributed by atoms with van der Waals surface area (Å²) in [7, 11) is 4.03. The molecule has 2 aromatic rings. The highest BCUT2D eigenvalue weighted by Gasteiger charge is 2.16. The zero-order valence-electron chi connectivity index (χ0n) is 13.6. The molecular weight excluding hydrogens is 310 g/mol. The van der Waals surface area contributed by atoms with E-state index in [2.05, 4.69) is 5.32 Å². The van der Waals surface area contributed by atoms with Crippen LogP contribution in [-0.4, -0.2) is 31.5 Å². The Kier molecular flexibility index (Phi) is 5.86. The van der Waals surface area contributed by atoms with Crippen LogP contribution in [0.15, 0.2) is 53.0 Å². The minimum absolute atomic E-state index is 0.126. The van der Waals surface area contributed by atoms with Crippen molar-refractivity contribution >= 4 is 17.9 Å². The van der Waals surface area contributed by atoms with Gasteiger partial charge in [0.05, 0.1) is 20.2 Å². The van der Waals surface area contributed by atoms with Crippen LogP contribution in [0.3, 0.4) is 0 Å². The first-order chi connectivity index (χ1) is 11.5. The van der Waals surface area contributed by atoms with Crippen molar-refractivity contribution in [3.05, 3.63) is 70.0 Å². The SMILES string of the molecule is C[NH+](C)C[C@@H](NC(=O)/C=C/c1ccc([N+](=O)[O-])o1)c1ccccc1. The number of furan rings is 1. The third-order valence-electron chi connectivity index (χ3n) is 3.32. The zero-order valence-corrected chi connectivity index (χ0v) is 13.6. The summed E-state index contributed by atoms with van der Waals surface area (Å²) in [4.78, 5) is 23.3. The Morgan fingerprint density at radius 3 is 2.58 bits per heavy atom. The molecule has 0 aliphatic rings. The van der Waals surface area contributed by atoms with Crippen LogP contribution in [0, 0.1) is 10.1 Å². The van der Waals surface area contributed by atoms with Crippen molar-refractivity contribution in [2.24, 2.45) is 0 Å². The molecule has 2 rings (SSSR count). The van der Waals surface area contributed by atoms with Gasteiger partial charge >= 0.3 is 5.88 Å². The number of hydrogen-bond acceptors (Lipinski definition) is 4. The minimum Gasteiger partial charge on any atom is -0.401 e. The van der Waals surface area contributed by atoms with Gasteiger partial charge in [-0.25, -0.2) is 0 Å². The van der Waals surface area contributed by atoms with E-state index in [9.17, 15) is 14.9 Å². The van der Waals surface area contributed by atoms with Crippen molar-refractivity contribution in [3.63, 3.8) is 0 Å². The van der Waals surface area contributed by atoms with Crippen molar-refractivity contribution in [3.8, 4) is 0 Å². The first kappa shape index (κ1) is 17.4. The normalized spacial score (nSPS) is 12.5. The number of carbonyl (C=O) groups excluding carboxylic acids is 1. The lowest BCUT2D eigenvalue weighted by Gasteiger charge is -2.20. The van der Waals surface area contributed by atoms with E-state index in [0.717, 1.165) is 12.1 Å². The predicted octanol–water partition coefficient (Wildman–Crippen LogP) is 1.20. The van der Waals surface area contributed by atoms with Crippen LogP contribution >= 0.6 is 0 Å². The van der Waals surface area contributed by atoms with Gasteiger partial charge in [0.15, 0.2) is 0 Å². The van der Waals surface area contributed by atoms with Gasteiger partial charge in [0.2, 0.25) is 5.91 Å². The second-order valence-electron chi connectivity index (χ2n) is 5.65. The quantitative estimate of drug-likeness (QED) is 0.453. The zero-order chi connectivity index (χ0) is 17.5. The average molecular weight is 330 g/mol. The lowest BCUT2D eigenvalue weighted by atomic mass is 10.1. The molecule has 1 heterocycles. The van der Waals surface area contributed by atoms with Crippen molar-refractivity contribution in [1.82, 2.24) is 5.32 Å². The maximum absolute atomic E-state index is 12.1. The van der Waals surface area contributed by atoms with E-state index >= 15 is 0 Å². The fourth-order valence-electron chi connectivity index (χ4n) is 2.25. The Morgan fingerprint density at radius 2 is 2.00 bits per heavy atom. The summed E-state index contributed by atoms with van der Waals surface area (Å²) < 4.78 is 4.98. The van der Waals surface area contributed by atoms with Crippen LogP contribution in [0.2, 0.25) is 0 Å². The molecule has 0 fully saturated rings. The van der Waals surface area contributed by atoms with E-state index in [1.807, 2.05) is 44.4 Å². The molecule has 126 valence electrons. The summed E-state index contributed by atoms with van der Waals surface area (Å²) in [5, 5.41) is 13.5. The second kappa shape index (κ2) is 8.07. The number of carbonyl (C=O) groups is 1. The molecule has 1 amide bonds. The van der Waals surface area contributed by atoms with Crippen molar-refractivity contribution in [1.29, 1.82) is 0 Å².